The Balaban J connectivity index is 1.54. The Morgan fingerprint density at radius 3 is 2.88 bits per heavy atom. The fraction of sp³-hybridized carbons (Fsp3) is 0.474. The van der Waals surface area contributed by atoms with Crippen molar-refractivity contribution in [2.75, 3.05) is 56.3 Å². The second kappa shape index (κ2) is 7.99. The van der Waals surface area contributed by atoms with Crippen LogP contribution in [-0.4, -0.2) is 63.0 Å². The molecular weight excluding hydrogens is 332 g/mol. The predicted molar refractivity (Wildman–Crippen MR) is 101 cm³/mol. The fourth-order valence-electron chi connectivity index (χ4n) is 3.54. The number of rotatable bonds is 4. The molecule has 0 spiro atoms. The molecule has 2 saturated heterocycles. The molecule has 4 rings (SSSR count). The molecule has 0 aliphatic carbocycles. The topological polar surface area (TPSA) is 75.7 Å². The molecule has 0 radical (unpaired) electrons. The molecule has 1 atom stereocenters. The second-order valence-electron chi connectivity index (χ2n) is 6.63. The Morgan fingerprint density at radius 2 is 2.08 bits per heavy atom. The smallest absolute Gasteiger partial charge is 0.226 e. The summed E-state index contributed by atoms with van der Waals surface area (Å²) in [6, 6.07) is 6.12. The SMILES string of the molecule is O=C(CC1COCCN1)Nc1ccc(N2CCOCC2)c2ccncc12. The molecule has 3 heterocycles. The Kier molecular flexibility index (Phi) is 5.29. The summed E-state index contributed by atoms with van der Waals surface area (Å²) in [7, 11) is 0. The van der Waals surface area contributed by atoms with E-state index in [0.29, 0.717) is 19.6 Å². The zero-order valence-electron chi connectivity index (χ0n) is 14.7. The van der Waals surface area contributed by atoms with Crippen molar-refractivity contribution in [1.29, 1.82) is 0 Å². The summed E-state index contributed by atoms with van der Waals surface area (Å²) in [5.41, 5.74) is 1.96. The van der Waals surface area contributed by atoms with Gasteiger partial charge in [-0.3, -0.25) is 9.78 Å². The highest BCUT2D eigenvalue weighted by atomic mass is 16.5. The fourth-order valence-corrected chi connectivity index (χ4v) is 3.54. The van der Waals surface area contributed by atoms with Crippen molar-refractivity contribution < 1.29 is 14.3 Å². The molecule has 1 amide bonds. The zero-order valence-corrected chi connectivity index (χ0v) is 14.7. The van der Waals surface area contributed by atoms with Crippen LogP contribution < -0.4 is 15.5 Å². The third-order valence-electron chi connectivity index (χ3n) is 4.85. The van der Waals surface area contributed by atoms with Crippen LogP contribution in [0.5, 0.6) is 0 Å². The lowest BCUT2D eigenvalue weighted by molar-refractivity contribution is -0.117. The number of nitrogens with one attached hydrogen (secondary N) is 2. The molecule has 7 nitrogen and oxygen atoms in total. The molecule has 7 heteroatoms. The average molecular weight is 356 g/mol. The monoisotopic (exact) mass is 356 g/mol. The van der Waals surface area contributed by atoms with Crippen LogP contribution in [0.15, 0.2) is 30.6 Å². The maximum atomic E-state index is 12.5. The zero-order chi connectivity index (χ0) is 17.8. The van der Waals surface area contributed by atoms with Gasteiger partial charge in [0.25, 0.3) is 0 Å². The largest absolute Gasteiger partial charge is 0.378 e. The Hall–Kier alpha value is -2.22. The van der Waals surface area contributed by atoms with Crippen LogP contribution in [0.3, 0.4) is 0 Å². The summed E-state index contributed by atoms with van der Waals surface area (Å²) in [5, 5.41) is 8.41. The first-order valence-electron chi connectivity index (χ1n) is 9.11. The minimum absolute atomic E-state index is 0.0164. The third kappa shape index (κ3) is 3.80. The minimum Gasteiger partial charge on any atom is -0.378 e. The number of fused-ring (bicyclic) bond motifs is 1. The van der Waals surface area contributed by atoms with Gasteiger partial charge >= 0.3 is 0 Å². The van der Waals surface area contributed by atoms with E-state index in [-0.39, 0.29) is 11.9 Å². The van der Waals surface area contributed by atoms with Gasteiger partial charge in [0.15, 0.2) is 0 Å². The van der Waals surface area contributed by atoms with Crippen LogP contribution in [-0.2, 0) is 14.3 Å². The van der Waals surface area contributed by atoms with E-state index in [2.05, 4.69) is 26.6 Å². The number of nitrogens with zero attached hydrogens (tertiary/aromatic N) is 2. The number of anilines is 2. The van der Waals surface area contributed by atoms with Crippen molar-refractivity contribution in [2.45, 2.75) is 12.5 Å². The maximum absolute atomic E-state index is 12.5. The first-order chi connectivity index (χ1) is 12.8. The van der Waals surface area contributed by atoms with Gasteiger partial charge in [-0.15, -0.1) is 0 Å². The standard InChI is InChI=1S/C19H24N4O3/c24-19(11-14-13-26-8-5-21-14)22-17-1-2-18(23-6-9-25-10-7-23)15-3-4-20-12-16(15)17/h1-4,12,14,21H,5-11,13H2,(H,22,24). The van der Waals surface area contributed by atoms with Gasteiger partial charge in [0.05, 0.1) is 32.1 Å². The van der Waals surface area contributed by atoms with E-state index in [1.807, 2.05) is 18.3 Å². The number of hydrogen-bond acceptors (Lipinski definition) is 6. The van der Waals surface area contributed by atoms with E-state index in [4.69, 9.17) is 9.47 Å². The van der Waals surface area contributed by atoms with E-state index in [9.17, 15) is 4.79 Å². The summed E-state index contributed by atoms with van der Waals surface area (Å²) in [5.74, 6) is -0.0164. The average Bonchev–Trinajstić information content (AvgIpc) is 2.70. The van der Waals surface area contributed by atoms with Crippen molar-refractivity contribution in [3.05, 3.63) is 30.6 Å². The van der Waals surface area contributed by atoms with E-state index in [1.54, 1.807) is 6.20 Å². The van der Waals surface area contributed by atoms with E-state index in [0.717, 1.165) is 55.0 Å². The summed E-state index contributed by atoms with van der Waals surface area (Å²) in [4.78, 5) is 19.0. The lowest BCUT2D eigenvalue weighted by atomic mass is 10.1. The molecule has 0 saturated carbocycles. The summed E-state index contributed by atoms with van der Waals surface area (Å²) in [6.45, 7) is 5.29. The van der Waals surface area contributed by atoms with E-state index in [1.165, 1.54) is 0 Å². The number of carbonyl (C=O) groups is 1. The molecule has 1 unspecified atom stereocenters. The summed E-state index contributed by atoms with van der Waals surface area (Å²) >= 11 is 0. The van der Waals surface area contributed by atoms with E-state index >= 15 is 0 Å². The number of ether oxygens (including phenoxy) is 2. The third-order valence-corrected chi connectivity index (χ3v) is 4.85. The van der Waals surface area contributed by atoms with Gasteiger partial charge in [-0.25, -0.2) is 0 Å². The highest BCUT2D eigenvalue weighted by Crippen LogP contribution is 2.32. The normalized spacial score (nSPS) is 20.9. The molecule has 2 fully saturated rings. The number of carbonyl (C=O) groups excluding carboxylic acids is 1. The summed E-state index contributed by atoms with van der Waals surface area (Å²) < 4.78 is 10.9. The number of morpholine rings is 2. The van der Waals surface area contributed by atoms with E-state index < -0.39 is 0 Å². The van der Waals surface area contributed by atoms with Crippen LogP contribution in [0, 0.1) is 0 Å². The van der Waals surface area contributed by atoms with Crippen molar-refractivity contribution in [2.24, 2.45) is 0 Å². The molecular formula is C19H24N4O3. The van der Waals surface area contributed by atoms with Gasteiger partial charge in [-0.1, -0.05) is 0 Å². The number of benzene rings is 1. The summed E-state index contributed by atoms with van der Waals surface area (Å²) in [6.07, 6.45) is 4.00. The molecule has 1 aromatic heterocycles. The van der Waals surface area contributed by atoms with Gasteiger partial charge in [0.1, 0.15) is 0 Å². The Morgan fingerprint density at radius 1 is 1.19 bits per heavy atom. The van der Waals surface area contributed by atoms with Crippen LogP contribution in [0.25, 0.3) is 10.8 Å². The van der Waals surface area contributed by atoms with Crippen molar-refractivity contribution in [3.63, 3.8) is 0 Å². The highest BCUT2D eigenvalue weighted by Gasteiger charge is 2.19. The molecule has 138 valence electrons. The maximum Gasteiger partial charge on any atom is 0.226 e. The van der Waals surface area contributed by atoms with Crippen LogP contribution in [0.4, 0.5) is 11.4 Å². The molecule has 1 aromatic carbocycles. The minimum atomic E-state index is -0.0164. The van der Waals surface area contributed by atoms with Crippen LogP contribution in [0.1, 0.15) is 6.42 Å². The first kappa shape index (κ1) is 17.2. The molecule has 2 aromatic rings. The van der Waals surface area contributed by atoms with Gasteiger partial charge in [0, 0.05) is 61.0 Å². The van der Waals surface area contributed by atoms with Crippen molar-refractivity contribution in [1.82, 2.24) is 10.3 Å². The first-order valence-corrected chi connectivity index (χ1v) is 9.11. The second-order valence-corrected chi connectivity index (χ2v) is 6.63. The van der Waals surface area contributed by atoms with Gasteiger partial charge in [-0.05, 0) is 18.2 Å². The quantitative estimate of drug-likeness (QED) is 0.862. The molecule has 2 aliphatic rings. The molecule has 2 N–H and O–H groups in total. The predicted octanol–water partition coefficient (Wildman–Crippen LogP) is 1.39. The van der Waals surface area contributed by atoms with Crippen LogP contribution in [0.2, 0.25) is 0 Å². The number of aromatic nitrogens is 1. The number of amides is 1. The Bertz CT molecular complexity index is 770. The van der Waals surface area contributed by atoms with Gasteiger partial charge in [0.2, 0.25) is 5.91 Å². The van der Waals surface area contributed by atoms with Crippen molar-refractivity contribution in [3.8, 4) is 0 Å². The van der Waals surface area contributed by atoms with Crippen molar-refractivity contribution >= 4 is 28.1 Å². The van der Waals surface area contributed by atoms with Gasteiger partial charge < -0.3 is 25.0 Å². The number of hydrogen-bond donors (Lipinski definition) is 2. The lowest BCUT2D eigenvalue weighted by Gasteiger charge is -2.30. The molecule has 2 aliphatic heterocycles. The van der Waals surface area contributed by atoms with Crippen LogP contribution >= 0.6 is 0 Å². The molecule has 0 bridgehead atoms. The van der Waals surface area contributed by atoms with Gasteiger partial charge in [-0.2, -0.15) is 0 Å². The Labute approximate surface area is 152 Å². The lowest BCUT2D eigenvalue weighted by Crippen LogP contribution is -2.43. The molecule has 26 heavy (non-hydrogen) atoms. The number of pyridine rings is 1. The highest BCUT2D eigenvalue weighted by molar-refractivity contribution is 6.06.